The van der Waals surface area contributed by atoms with Gasteiger partial charge in [-0.3, -0.25) is 14.6 Å². The summed E-state index contributed by atoms with van der Waals surface area (Å²) in [5, 5.41) is 3.17. The Kier molecular flexibility index (Phi) is 8.79. The van der Waals surface area contributed by atoms with Crippen LogP contribution in [0.3, 0.4) is 0 Å². The quantitative estimate of drug-likeness (QED) is 0.640. The lowest BCUT2D eigenvalue weighted by molar-refractivity contribution is -0.126. The molecule has 2 fully saturated rings. The Hall–Kier alpha value is -2.37. The average Bonchev–Trinajstić information content (AvgIpc) is 3.13. The van der Waals surface area contributed by atoms with Gasteiger partial charge >= 0.3 is 0 Å². The minimum Gasteiger partial charge on any atom is -0.497 e. The van der Waals surface area contributed by atoms with Crippen molar-refractivity contribution in [1.29, 1.82) is 0 Å². The zero-order valence-corrected chi connectivity index (χ0v) is 20.1. The first kappa shape index (κ1) is 23.8. The van der Waals surface area contributed by atoms with Crippen LogP contribution in [-0.2, 0) is 24.4 Å². The van der Waals surface area contributed by atoms with Crippen molar-refractivity contribution >= 4 is 5.91 Å². The van der Waals surface area contributed by atoms with Crippen LogP contribution in [0.4, 0.5) is 0 Å². The molecule has 0 saturated carbocycles. The molecule has 0 radical (unpaired) electrons. The number of nitrogens with one attached hydrogen (secondary N) is 1. The van der Waals surface area contributed by atoms with E-state index in [2.05, 4.69) is 51.5 Å². The first-order valence-corrected chi connectivity index (χ1v) is 12.6. The van der Waals surface area contributed by atoms with Gasteiger partial charge in [0.05, 0.1) is 7.11 Å². The highest BCUT2D eigenvalue weighted by Crippen LogP contribution is 2.21. The molecule has 2 saturated heterocycles. The van der Waals surface area contributed by atoms with Crippen LogP contribution in [0.1, 0.15) is 55.2 Å². The molecule has 0 aliphatic carbocycles. The zero-order valence-electron chi connectivity index (χ0n) is 20.1. The number of carbonyl (C=O) groups is 1. The molecule has 4 rings (SSSR count). The molecule has 0 unspecified atom stereocenters. The molecule has 1 amide bonds. The van der Waals surface area contributed by atoms with Gasteiger partial charge in [-0.2, -0.15) is 0 Å². The summed E-state index contributed by atoms with van der Waals surface area (Å²) < 4.78 is 5.33. The fourth-order valence-electron chi connectivity index (χ4n) is 5.03. The van der Waals surface area contributed by atoms with Crippen molar-refractivity contribution in [1.82, 2.24) is 15.1 Å². The van der Waals surface area contributed by atoms with Crippen LogP contribution in [0.2, 0.25) is 0 Å². The Labute approximate surface area is 199 Å². The molecule has 2 aliphatic heterocycles. The Balaban J connectivity index is 1.18. The maximum absolute atomic E-state index is 12.7. The highest BCUT2D eigenvalue weighted by atomic mass is 16.5. The lowest BCUT2D eigenvalue weighted by Crippen LogP contribution is -2.40. The van der Waals surface area contributed by atoms with Gasteiger partial charge in [-0.05, 0) is 80.7 Å². The lowest BCUT2D eigenvalue weighted by atomic mass is 9.95. The molecular formula is C28H39N3O2. The number of piperidine rings is 1. The number of ether oxygens (including phenoxy) is 1. The molecule has 1 N–H and O–H groups in total. The second-order valence-corrected chi connectivity index (χ2v) is 9.63. The van der Waals surface area contributed by atoms with E-state index in [-0.39, 0.29) is 11.8 Å². The van der Waals surface area contributed by atoms with Crippen molar-refractivity contribution in [2.24, 2.45) is 5.92 Å². The summed E-state index contributed by atoms with van der Waals surface area (Å²) in [6.07, 6.45) is 7.23. The number of hydrogen-bond donors (Lipinski definition) is 1. The van der Waals surface area contributed by atoms with Crippen molar-refractivity contribution in [3.05, 3.63) is 65.2 Å². The van der Waals surface area contributed by atoms with E-state index in [1.54, 1.807) is 7.11 Å². The number of likely N-dealkylation sites (tertiary alicyclic amines) is 2. The fraction of sp³-hybridized carbons (Fsp3) is 0.536. The number of carbonyl (C=O) groups excluding carboxylic acids is 1. The minimum atomic E-state index is 0.119. The summed E-state index contributed by atoms with van der Waals surface area (Å²) in [5.74, 6) is 1.22. The van der Waals surface area contributed by atoms with Crippen LogP contribution in [0.25, 0.3) is 0 Å². The van der Waals surface area contributed by atoms with E-state index >= 15 is 0 Å². The van der Waals surface area contributed by atoms with Crippen LogP contribution in [-0.4, -0.2) is 49.0 Å². The van der Waals surface area contributed by atoms with Crippen LogP contribution >= 0.6 is 0 Å². The van der Waals surface area contributed by atoms with E-state index in [9.17, 15) is 4.79 Å². The van der Waals surface area contributed by atoms with E-state index in [0.29, 0.717) is 6.54 Å². The Morgan fingerprint density at radius 2 is 1.48 bits per heavy atom. The van der Waals surface area contributed by atoms with Gasteiger partial charge in [0.2, 0.25) is 5.91 Å². The molecule has 2 aromatic carbocycles. The molecule has 5 heteroatoms. The lowest BCUT2D eigenvalue weighted by Gasteiger charge is -2.31. The maximum atomic E-state index is 12.7. The van der Waals surface area contributed by atoms with E-state index in [0.717, 1.165) is 44.8 Å². The molecule has 0 spiro atoms. The topological polar surface area (TPSA) is 44.8 Å². The van der Waals surface area contributed by atoms with Crippen molar-refractivity contribution in [3.63, 3.8) is 0 Å². The maximum Gasteiger partial charge on any atom is 0.223 e. The molecule has 2 aliphatic rings. The summed E-state index contributed by atoms with van der Waals surface area (Å²) >= 11 is 0. The highest BCUT2D eigenvalue weighted by molar-refractivity contribution is 5.78. The van der Waals surface area contributed by atoms with Gasteiger partial charge in [-0.1, -0.05) is 49.2 Å². The SMILES string of the molecule is COc1cccc(CN2CCC(C(=O)NCc3ccc(CN4CCCCCC4)cc3)CC2)c1. The largest absolute Gasteiger partial charge is 0.497 e. The van der Waals surface area contributed by atoms with E-state index in [4.69, 9.17) is 4.74 Å². The van der Waals surface area contributed by atoms with Crippen LogP contribution < -0.4 is 10.1 Å². The molecule has 178 valence electrons. The van der Waals surface area contributed by atoms with Gasteiger partial charge in [0.15, 0.2) is 0 Å². The molecule has 5 nitrogen and oxygen atoms in total. The number of nitrogens with zero attached hydrogens (tertiary/aromatic N) is 2. The first-order chi connectivity index (χ1) is 16.2. The third-order valence-electron chi connectivity index (χ3n) is 7.09. The van der Waals surface area contributed by atoms with Gasteiger partial charge in [0.1, 0.15) is 5.75 Å². The predicted octanol–water partition coefficient (Wildman–Crippen LogP) is 4.60. The summed E-state index contributed by atoms with van der Waals surface area (Å²) in [6, 6.07) is 17.0. The standard InChI is InChI=1S/C28H39N3O2/c1-33-27-8-6-7-25(19-27)22-31-17-13-26(14-18-31)28(32)29-20-23-9-11-24(12-10-23)21-30-15-4-2-3-5-16-30/h6-12,19,26H,2-5,13-18,20-22H2,1H3,(H,29,32). The zero-order chi connectivity index (χ0) is 22.9. The molecule has 2 heterocycles. The molecular weight excluding hydrogens is 410 g/mol. The summed E-state index contributed by atoms with van der Waals surface area (Å²) in [4.78, 5) is 17.7. The van der Waals surface area contributed by atoms with Crippen LogP contribution in [0, 0.1) is 5.92 Å². The third kappa shape index (κ3) is 7.31. The molecule has 0 aromatic heterocycles. The number of amides is 1. The summed E-state index contributed by atoms with van der Waals surface area (Å²) in [5.41, 5.74) is 3.81. The number of methoxy groups -OCH3 is 1. The van der Waals surface area contributed by atoms with E-state index < -0.39 is 0 Å². The smallest absolute Gasteiger partial charge is 0.223 e. The molecule has 2 aromatic rings. The van der Waals surface area contributed by atoms with Crippen molar-refractivity contribution in [3.8, 4) is 5.75 Å². The monoisotopic (exact) mass is 449 g/mol. The summed E-state index contributed by atoms with van der Waals surface area (Å²) in [7, 11) is 1.70. The number of benzene rings is 2. The van der Waals surface area contributed by atoms with Crippen LogP contribution in [0.5, 0.6) is 5.75 Å². The minimum absolute atomic E-state index is 0.119. The molecule has 0 bridgehead atoms. The second-order valence-electron chi connectivity index (χ2n) is 9.63. The van der Waals surface area contributed by atoms with Crippen LogP contribution in [0.15, 0.2) is 48.5 Å². The third-order valence-corrected chi connectivity index (χ3v) is 7.09. The van der Waals surface area contributed by atoms with Gasteiger partial charge < -0.3 is 10.1 Å². The van der Waals surface area contributed by atoms with Crippen molar-refractivity contribution in [2.75, 3.05) is 33.3 Å². The Morgan fingerprint density at radius 1 is 0.848 bits per heavy atom. The molecule has 33 heavy (non-hydrogen) atoms. The van der Waals surface area contributed by atoms with E-state index in [1.165, 1.54) is 55.5 Å². The summed E-state index contributed by atoms with van der Waals surface area (Å²) in [6.45, 7) is 6.93. The van der Waals surface area contributed by atoms with Crippen molar-refractivity contribution in [2.45, 2.75) is 58.2 Å². The highest BCUT2D eigenvalue weighted by Gasteiger charge is 2.24. The van der Waals surface area contributed by atoms with Gasteiger partial charge in [0, 0.05) is 25.6 Å². The fourth-order valence-corrected chi connectivity index (χ4v) is 5.03. The second kappa shape index (κ2) is 12.2. The number of hydrogen-bond acceptors (Lipinski definition) is 4. The van der Waals surface area contributed by atoms with E-state index in [1.807, 2.05) is 12.1 Å². The first-order valence-electron chi connectivity index (χ1n) is 12.6. The van der Waals surface area contributed by atoms with Gasteiger partial charge in [-0.15, -0.1) is 0 Å². The average molecular weight is 450 g/mol. The van der Waals surface area contributed by atoms with Gasteiger partial charge in [0.25, 0.3) is 0 Å². The van der Waals surface area contributed by atoms with Gasteiger partial charge in [-0.25, -0.2) is 0 Å². The normalized spacial score (nSPS) is 18.6. The van der Waals surface area contributed by atoms with Crippen molar-refractivity contribution < 1.29 is 9.53 Å². The molecule has 0 atom stereocenters. The Bertz CT molecular complexity index is 867. The predicted molar refractivity (Wildman–Crippen MR) is 133 cm³/mol. The number of rotatable bonds is 8. The Morgan fingerprint density at radius 3 is 2.18 bits per heavy atom.